The van der Waals surface area contributed by atoms with Crippen molar-refractivity contribution >= 4 is 11.3 Å². The number of rotatable bonds is 4. The first-order valence-electron chi connectivity index (χ1n) is 5.06. The van der Waals surface area contributed by atoms with Crippen molar-refractivity contribution in [3.8, 4) is 0 Å². The SMILES string of the molecule is CNCC1CCC1Cc1ccsc1. The first-order chi connectivity index (χ1) is 6.40. The summed E-state index contributed by atoms with van der Waals surface area (Å²) in [4.78, 5) is 0. The highest BCUT2D eigenvalue weighted by atomic mass is 32.1. The third-order valence-corrected chi connectivity index (χ3v) is 3.85. The largest absolute Gasteiger partial charge is 0.319 e. The monoisotopic (exact) mass is 195 g/mol. The molecule has 1 N–H and O–H groups in total. The van der Waals surface area contributed by atoms with Crippen LogP contribution in [0.25, 0.3) is 0 Å². The van der Waals surface area contributed by atoms with E-state index in [2.05, 4.69) is 29.2 Å². The maximum absolute atomic E-state index is 3.28. The van der Waals surface area contributed by atoms with Gasteiger partial charge in [0, 0.05) is 0 Å². The maximum atomic E-state index is 3.28. The van der Waals surface area contributed by atoms with Gasteiger partial charge in [-0.05, 0) is 67.1 Å². The van der Waals surface area contributed by atoms with Crippen LogP contribution in [0.15, 0.2) is 16.8 Å². The zero-order chi connectivity index (χ0) is 9.10. The van der Waals surface area contributed by atoms with Gasteiger partial charge in [-0.25, -0.2) is 0 Å². The van der Waals surface area contributed by atoms with Gasteiger partial charge in [-0.1, -0.05) is 0 Å². The van der Waals surface area contributed by atoms with Gasteiger partial charge in [0.2, 0.25) is 0 Å². The van der Waals surface area contributed by atoms with Crippen molar-refractivity contribution in [1.29, 1.82) is 0 Å². The van der Waals surface area contributed by atoms with Crippen LogP contribution in [0.2, 0.25) is 0 Å². The first kappa shape index (κ1) is 9.22. The summed E-state index contributed by atoms with van der Waals surface area (Å²) in [5.41, 5.74) is 1.54. The van der Waals surface area contributed by atoms with Crippen LogP contribution in [0.3, 0.4) is 0 Å². The predicted molar refractivity (Wildman–Crippen MR) is 58.2 cm³/mol. The van der Waals surface area contributed by atoms with E-state index in [0.717, 1.165) is 11.8 Å². The number of thiophene rings is 1. The van der Waals surface area contributed by atoms with Crippen LogP contribution < -0.4 is 5.32 Å². The third kappa shape index (κ3) is 2.12. The molecule has 0 radical (unpaired) electrons. The smallest absolute Gasteiger partial charge is 0.00208 e. The summed E-state index contributed by atoms with van der Waals surface area (Å²) < 4.78 is 0. The van der Waals surface area contributed by atoms with Crippen molar-refractivity contribution in [3.05, 3.63) is 22.4 Å². The molecule has 2 heteroatoms. The molecule has 0 aliphatic heterocycles. The highest BCUT2D eigenvalue weighted by Gasteiger charge is 2.29. The molecule has 1 heterocycles. The molecule has 13 heavy (non-hydrogen) atoms. The summed E-state index contributed by atoms with van der Waals surface area (Å²) in [6, 6.07) is 2.26. The molecule has 1 aliphatic rings. The van der Waals surface area contributed by atoms with Crippen molar-refractivity contribution in [2.24, 2.45) is 11.8 Å². The summed E-state index contributed by atoms with van der Waals surface area (Å²) >= 11 is 1.82. The molecule has 1 aromatic rings. The molecule has 0 saturated heterocycles. The van der Waals surface area contributed by atoms with Crippen LogP contribution in [0, 0.1) is 11.8 Å². The molecule has 0 amide bonds. The van der Waals surface area contributed by atoms with Crippen LogP contribution in [0.1, 0.15) is 18.4 Å². The molecule has 0 spiro atoms. The fourth-order valence-corrected chi connectivity index (χ4v) is 2.83. The summed E-state index contributed by atoms with van der Waals surface area (Å²) in [6.45, 7) is 1.20. The molecule has 0 aromatic carbocycles. The van der Waals surface area contributed by atoms with Crippen LogP contribution in [-0.4, -0.2) is 13.6 Å². The fourth-order valence-electron chi connectivity index (χ4n) is 2.15. The van der Waals surface area contributed by atoms with E-state index in [0.29, 0.717) is 0 Å². The van der Waals surface area contributed by atoms with E-state index in [1.54, 1.807) is 0 Å². The normalized spacial score (nSPS) is 27.2. The van der Waals surface area contributed by atoms with E-state index in [9.17, 15) is 0 Å². The van der Waals surface area contributed by atoms with Crippen molar-refractivity contribution in [1.82, 2.24) is 5.32 Å². The zero-order valence-corrected chi connectivity index (χ0v) is 8.94. The van der Waals surface area contributed by atoms with Crippen molar-refractivity contribution in [2.45, 2.75) is 19.3 Å². The van der Waals surface area contributed by atoms with E-state index >= 15 is 0 Å². The summed E-state index contributed by atoms with van der Waals surface area (Å²) in [5, 5.41) is 7.75. The van der Waals surface area contributed by atoms with Crippen molar-refractivity contribution < 1.29 is 0 Å². The van der Waals surface area contributed by atoms with Crippen LogP contribution >= 0.6 is 11.3 Å². The minimum absolute atomic E-state index is 0.935. The van der Waals surface area contributed by atoms with Crippen molar-refractivity contribution in [2.75, 3.05) is 13.6 Å². The molecule has 1 saturated carbocycles. The first-order valence-corrected chi connectivity index (χ1v) is 6.00. The number of nitrogens with one attached hydrogen (secondary N) is 1. The second kappa shape index (κ2) is 4.25. The van der Waals surface area contributed by atoms with Gasteiger partial charge >= 0.3 is 0 Å². The molecule has 1 fully saturated rings. The molecular formula is C11H17NS. The van der Waals surface area contributed by atoms with Gasteiger partial charge in [-0.3, -0.25) is 0 Å². The van der Waals surface area contributed by atoms with E-state index in [1.165, 1.54) is 31.4 Å². The average molecular weight is 195 g/mol. The van der Waals surface area contributed by atoms with Crippen LogP contribution in [0.4, 0.5) is 0 Å². The van der Waals surface area contributed by atoms with E-state index in [4.69, 9.17) is 0 Å². The molecule has 2 unspecified atom stereocenters. The Balaban J connectivity index is 1.82. The summed E-state index contributed by atoms with van der Waals surface area (Å²) in [5.74, 6) is 1.88. The van der Waals surface area contributed by atoms with Gasteiger partial charge in [0.05, 0.1) is 0 Å². The number of hydrogen-bond donors (Lipinski definition) is 1. The maximum Gasteiger partial charge on any atom is -0.00208 e. The fraction of sp³-hybridized carbons (Fsp3) is 0.636. The second-order valence-corrected chi connectivity index (χ2v) is 4.77. The van der Waals surface area contributed by atoms with Crippen LogP contribution in [-0.2, 0) is 6.42 Å². The Bertz CT molecular complexity index is 243. The molecule has 2 atom stereocenters. The number of hydrogen-bond acceptors (Lipinski definition) is 2. The standard InChI is InChI=1S/C11H17NS/c1-12-7-11-3-2-10(11)6-9-4-5-13-8-9/h4-5,8,10-12H,2-3,6-7H2,1H3. The highest BCUT2D eigenvalue weighted by Crippen LogP contribution is 2.36. The van der Waals surface area contributed by atoms with Crippen molar-refractivity contribution in [3.63, 3.8) is 0 Å². The molecular weight excluding hydrogens is 178 g/mol. The predicted octanol–water partition coefficient (Wildman–Crippen LogP) is 2.54. The van der Waals surface area contributed by atoms with E-state index in [1.807, 2.05) is 11.3 Å². The van der Waals surface area contributed by atoms with Gasteiger partial charge in [0.1, 0.15) is 0 Å². The zero-order valence-electron chi connectivity index (χ0n) is 8.12. The Morgan fingerprint density at radius 2 is 2.31 bits per heavy atom. The molecule has 2 rings (SSSR count). The van der Waals surface area contributed by atoms with Gasteiger partial charge in [0.25, 0.3) is 0 Å². The Morgan fingerprint density at radius 3 is 2.85 bits per heavy atom. The lowest BCUT2D eigenvalue weighted by molar-refractivity contribution is 0.174. The Morgan fingerprint density at radius 1 is 1.46 bits per heavy atom. The molecule has 0 bridgehead atoms. The Labute approximate surface area is 84.2 Å². The lowest BCUT2D eigenvalue weighted by Crippen LogP contribution is -2.35. The minimum Gasteiger partial charge on any atom is -0.319 e. The third-order valence-electron chi connectivity index (χ3n) is 3.12. The van der Waals surface area contributed by atoms with Crippen LogP contribution in [0.5, 0.6) is 0 Å². The highest BCUT2D eigenvalue weighted by molar-refractivity contribution is 7.07. The minimum atomic E-state index is 0.935. The molecule has 1 nitrogen and oxygen atoms in total. The van der Waals surface area contributed by atoms with Gasteiger partial charge in [-0.2, -0.15) is 11.3 Å². The molecule has 1 aromatic heterocycles. The lowest BCUT2D eigenvalue weighted by Gasteiger charge is -2.36. The Kier molecular flexibility index (Phi) is 3.01. The van der Waals surface area contributed by atoms with E-state index in [-0.39, 0.29) is 0 Å². The molecule has 1 aliphatic carbocycles. The van der Waals surface area contributed by atoms with Gasteiger partial charge in [-0.15, -0.1) is 0 Å². The second-order valence-electron chi connectivity index (χ2n) is 3.99. The van der Waals surface area contributed by atoms with E-state index < -0.39 is 0 Å². The topological polar surface area (TPSA) is 12.0 Å². The summed E-state index contributed by atoms with van der Waals surface area (Å²) in [7, 11) is 2.06. The Hall–Kier alpha value is -0.340. The summed E-state index contributed by atoms with van der Waals surface area (Å²) in [6.07, 6.45) is 4.16. The van der Waals surface area contributed by atoms with Gasteiger partial charge < -0.3 is 5.32 Å². The quantitative estimate of drug-likeness (QED) is 0.778. The van der Waals surface area contributed by atoms with Gasteiger partial charge in [0.15, 0.2) is 0 Å². The molecule has 72 valence electrons. The average Bonchev–Trinajstić information content (AvgIpc) is 2.61. The lowest BCUT2D eigenvalue weighted by atomic mass is 9.71.